The van der Waals surface area contributed by atoms with Crippen LogP contribution in [0, 0.1) is 5.82 Å². The largest absolute Gasteiger partial charge is 0.490 e. The van der Waals surface area contributed by atoms with E-state index < -0.39 is 6.04 Å². The molecule has 1 atom stereocenters. The topological polar surface area (TPSA) is 67.9 Å². The number of halogens is 1. The number of benzene rings is 2. The van der Waals surface area contributed by atoms with Crippen molar-refractivity contribution in [2.24, 2.45) is 0 Å². The number of aryl methyl sites for hydroxylation is 1. The molecule has 1 fully saturated rings. The summed E-state index contributed by atoms with van der Waals surface area (Å²) in [5.41, 5.74) is 1.73. The van der Waals surface area contributed by atoms with Crippen molar-refractivity contribution in [3.63, 3.8) is 0 Å². The molecule has 0 radical (unpaired) electrons. The average molecular weight is 485 g/mol. The molecule has 1 aliphatic rings. The summed E-state index contributed by atoms with van der Waals surface area (Å²) in [5.74, 6) is 0.730. The Morgan fingerprint density at radius 3 is 2.29 bits per heavy atom. The third kappa shape index (κ3) is 7.70. The van der Waals surface area contributed by atoms with Gasteiger partial charge in [-0.2, -0.15) is 0 Å². The Labute approximate surface area is 207 Å². The molecule has 0 heterocycles. The summed E-state index contributed by atoms with van der Waals surface area (Å²) in [5, 5.41) is 3.10. The van der Waals surface area contributed by atoms with Gasteiger partial charge >= 0.3 is 0 Å². The van der Waals surface area contributed by atoms with Gasteiger partial charge in [-0.1, -0.05) is 31.0 Å². The predicted molar refractivity (Wildman–Crippen MR) is 134 cm³/mol. The van der Waals surface area contributed by atoms with Crippen molar-refractivity contribution in [3.05, 3.63) is 59.4 Å². The first-order valence-corrected chi connectivity index (χ1v) is 12.6. The van der Waals surface area contributed by atoms with E-state index in [1.807, 2.05) is 32.0 Å². The molecular weight excluding hydrogens is 447 g/mol. The lowest BCUT2D eigenvalue weighted by atomic mass is 10.1. The van der Waals surface area contributed by atoms with Gasteiger partial charge in [-0.15, -0.1) is 0 Å². The summed E-state index contributed by atoms with van der Waals surface area (Å²) in [6.45, 7) is 6.89. The van der Waals surface area contributed by atoms with E-state index in [9.17, 15) is 14.0 Å². The number of rotatable bonds is 12. The summed E-state index contributed by atoms with van der Waals surface area (Å²) in [6.07, 6.45) is 4.92. The SMILES string of the molecule is CCOc1ccc(CCC(=O)N(Cc2ccc(F)cc2)[C@@H](C)C(=O)NC2CCCC2)cc1OCC. The van der Waals surface area contributed by atoms with Gasteiger partial charge in [0.2, 0.25) is 11.8 Å². The van der Waals surface area contributed by atoms with Gasteiger partial charge in [-0.3, -0.25) is 9.59 Å². The molecular formula is C28H37FN2O4. The number of carbonyl (C=O) groups excluding carboxylic acids is 2. The van der Waals surface area contributed by atoms with Gasteiger partial charge in [-0.05, 0) is 75.4 Å². The van der Waals surface area contributed by atoms with Gasteiger partial charge in [-0.25, -0.2) is 4.39 Å². The first-order valence-electron chi connectivity index (χ1n) is 12.6. The number of nitrogens with zero attached hydrogens (tertiary/aromatic N) is 1. The van der Waals surface area contributed by atoms with Gasteiger partial charge in [0.25, 0.3) is 0 Å². The fraction of sp³-hybridized carbons (Fsp3) is 0.500. The van der Waals surface area contributed by atoms with Gasteiger partial charge < -0.3 is 19.7 Å². The smallest absolute Gasteiger partial charge is 0.242 e. The lowest BCUT2D eigenvalue weighted by molar-refractivity contribution is -0.140. The maximum Gasteiger partial charge on any atom is 0.242 e. The van der Waals surface area contributed by atoms with E-state index in [1.54, 1.807) is 24.0 Å². The minimum Gasteiger partial charge on any atom is -0.490 e. The second kappa shape index (κ2) is 13.1. The van der Waals surface area contributed by atoms with E-state index >= 15 is 0 Å². The molecule has 2 aromatic carbocycles. The molecule has 7 heteroatoms. The molecule has 0 saturated heterocycles. The molecule has 1 N–H and O–H groups in total. The first kappa shape index (κ1) is 26.5. The van der Waals surface area contributed by atoms with Crippen LogP contribution >= 0.6 is 0 Å². The zero-order valence-corrected chi connectivity index (χ0v) is 21.0. The normalized spacial score (nSPS) is 14.4. The minimum atomic E-state index is -0.632. The fourth-order valence-electron chi connectivity index (χ4n) is 4.41. The van der Waals surface area contributed by atoms with E-state index in [4.69, 9.17) is 9.47 Å². The highest BCUT2D eigenvalue weighted by molar-refractivity contribution is 5.87. The summed E-state index contributed by atoms with van der Waals surface area (Å²) in [7, 11) is 0. The molecule has 3 rings (SSSR count). The second-order valence-corrected chi connectivity index (χ2v) is 8.96. The molecule has 0 spiro atoms. The van der Waals surface area contributed by atoms with Crippen molar-refractivity contribution in [1.82, 2.24) is 10.2 Å². The summed E-state index contributed by atoms with van der Waals surface area (Å²) in [6, 6.07) is 11.3. The molecule has 35 heavy (non-hydrogen) atoms. The van der Waals surface area contributed by atoms with E-state index in [0.29, 0.717) is 31.1 Å². The van der Waals surface area contributed by atoms with Crippen molar-refractivity contribution in [2.75, 3.05) is 13.2 Å². The second-order valence-electron chi connectivity index (χ2n) is 8.96. The van der Waals surface area contributed by atoms with Crippen LogP contribution in [0.5, 0.6) is 11.5 Å². The molecule has 0 aliphatic heterocycles. The Bertz CT molecular complexity index is 973. The summed E-state index contributed by atoms with van der Waals surface area (Å²) in [4.78, 5) is 27.9. The fourth-order valence-corrected chi connectivity index (χ4v) is 4.41. The van der Waals surface area contributed by atoms with Crippen molar-refractivity contribution >= 4 is 11.8 Å². The maximum atomic E-state index is 13.4. The highest BCUT2D eigenvalue weighted by atomic mass is 19.1. The Hall–Kier alpha value is -3.09. The van der Waals surface area contributed by atoms with Crippen molar-refractivity contribution in [3.8, 4) is 11.5 Å². The monoisotopic (exact) mass is 484 g/mol. The number of ether oxygens (including phenoxy) is 2. The number of carbonyl (C=O) groups is 2. The van der Waals surface area contributed by atoms with Crippen LogP contribution in [0.25, 0.3) is 0 Å². The van der Waals surface area contributed by atoms with Crippen LogP contribution in [-0.4, -0.2) is 42.0 Å². The number of hydrogen-bond donors (Lipinski definition) is 1. The highest BCUT2D eigenvalue weighted by Gasteiger charge is 2.28. The van der Waals surface area contributed by atoms with Crippen molar-refractivity contribution in [1.29, 1.82) is 0 Å². The highest BCUT2D eigenvalue weighted by Crippen LogP contribution is 2.29. The van der Waals surface area contributed by atoms with Crippen molar-refractivity contribution in [2.45, 2.75) is 77.9 Å². The van der Waals surface area contributed by atoms with Gasteiger partial charge in [0, 0.05) is 19.0 Å². The van der Waals surface area contributed by atoms with Crippen LogP contribution < -0.4 is 14.8 Å². The molecule has 2 amide bonds. The number of amides is 2. The Balaban J connectivity index is 1.72. The zero-order chi connectivity index (χ0) is 25.2. The van der Waals surface area contributed by atoms with E-state index in [2.05, 4.69) is 5.32 Å². The molecule has 2 aromatic rings. The van der Waals surface area contributed by atoms with Crippen LogP contribution in [-0.2, 0) is 22.6 Å². The molecule has 190 valence electrons. The summed E-state index contributed by atoms with van der Waals surface area (Å²) < 4.78 is 24.7. The Morgan fingerprint density at radius 2 is 1.63 bits per heavy atom. The summed E-state index contributed by atoms with van der Waals surface area (Å²) >= 11 is 0. The minimum absolute atomic E-state index is 0.129. The predicted octanol–water partition coefficient (Wildman–Crippen LogP) is 5.03. The Kier molecular flexibility index (Phi) is 9.94. The first-order chi connectivity index (χ1) is 16.9. The quantitative estimate of drug-likeness (QED) is 0.459. The third-order valence-electron chi connectivity index (χ3n) is 6.37. The van der Waals surface area contributed by atoms with Crippen LogP contribution in [0.2, 0.25) is 0 Å². The van der Waals surface area contributed by atoms with Crippen LogP contribution in [0.1, 0.15) is 64.0 Å². The van der Waals surface area contributed by atoms with Crippen LogP contribution in [0.15, 0.2) is 42.5 Å². The Morgan fingerprint density at radius 1 is 1.00 bits per heavy atom. The molecule has 0 unspecified atom stereocenters. The van der Waals surface area contributed by atoms with Gasteiger partial charge in [0.15, 0.2) is 11.5 Å². The van der Waals surface area contributed by atoms with Crippen LogP contribution in [0.3, 0.4) is 0 Å². The maximum absolute atomic E-state index is 13.4. The van der Waals surface area contributed by atoms with E-state index in [-0.39, 0.29) is 36.6 Å². The molecule has 6 nitrogen and oxygen atoms in total. The zero-order valence-electron chi connectivity index (χ0n) is 21.0. The standard InChI is InChI=1S/C28H37FN2O4/c1-4-34-25-16-12-21(18-26(25)35-5-2)13-17-27(32)31(19-22-10-14-23(29)15-11-22)20(3)28(33)30-24-8-6-7-9-24/h10-12,14-16,18,20,24H,4-9,13,17,19H2,1-3H3,(H,30,33)/t20-/m0/s1. The number of nitrogens with one attached hydrogen (secondary N) is 1. The lowest BCUT2D eigenvalue weighted by Crippen LogP contribution is -2.49. The van der Waals surface area contributed by atoms with E-state index in [1.165, 1.54) is 12.1 Å². The van der Waals surface area contributed by atoms with Crippen molar-refractivity contribution < 1.29 is 23.5 Å². The van der Waals surface area contributed by atoms with Crippen LogP contribution in [0.4, 0.5) is 4.39 Å². The van der Waals surface area contributed by atoms with Gasteiger partial charge in [0.1, 0.15) is 11.9 Å². The number of hydrogen-bond acceptors (Lipinski definition) is 4. The van der Waals surface area contributed by atoms with E-state index in [0.717, 1.165) is 36.8 Å². The molecule has 1 saturated carbocycles. The van der Waals surface area contributed by atoms with Gasteiger partial charge in [0.05, 0.1) is 13.2 Å². The lowest BCUT2D eigenvalue weighted by Gasteiger charge is -2.30. The third-order valence-corrected chi connectivity index (χ3v) is 6.37. The molecule has 1 aliphatic carbocycles. The molecule has 0 aromatic heterocycles. The average Bonchev–Trinajstić information content (AvgIpc) is 3.36. The molecule has 0 bridgehead atoms.